The fourth-order valence-corrected chi connectivity index (χ4v) is 2.97. The van der Waals surface area contributed by atoms with E-state index in [-0.39, 0.29) is 12.8 Å². The smallest absolute Gasteiger partial charge is 0.328 e. The van der Waals surface area contributed by atoms with Crippen LogP contribution in [0.3, 0.4) is 0 Å². The number of aliphatic hydroxyl groups is 1. The van der Waals surface area contributed by atoms with Crippen LogP contribution in [0.5, 0.6) is 0 Å². The van der Waals surface area contributed by atoms with Gasteiger partial charge in [0, 0.05) is 12.8 Å². The highest BCUT2D eigenvalue weighted by Gasteiger charge is 2.30. The average molecular weight is 494 g/mol. The summed E-state index contributed by atoms with van der Waals surface area (Å²) in [7, 11) is 0. The molecule has 188 valence electrons. The number of amides is 4. The van der Waals surface area contributed by atoms with Gasteiger partial charge in [0.25, 0.3) is 0 Å². The highest BCUT2D eigenvalue weighted by atomic mass is 32.2. The second-order valence-electron chi connectivity index (χ2n) is 7.03. The minimum Gasteiger partial charge on any atom is -0.481 e. The number of rotatable bonds is 17. The summed E-state index contributed by atoms with van der Waals surface area (Å²) in [6.07, 6.45) is 0.682. The Hall–Kier alpha value is -2.91. The second-order valence-corrected chi connectivity index (χ2v) is 8.02. The summed E-state index contributed by atoms with van der Waals surface area (Å²) in [4.78, 5) is 70.6. The number of primary amides is 1. The number of hydrogen-bond donors (Lipinski definition) is 8. The topological polar surface area (TPSA) is 251 Å². The van der Waals surface area contributed by atoms with Crippen molar-refractivity contribution in [3.05, 3.63) is 0 Å². The van der Waals surface area contributed by atoms with Gasteiger partial charge in [0.1, 0.15) is 18.1 Å². The van der Waals surface area contributed by atoms with E-state index in [0.29, 0.717) is 12.2 Å². The van der Waals surface area contributed by atoms with E-state index in [9.17, 15) is 28.8 Å². The van der Waals surface area contributed by atoms with Crippen LogP contribution in [0.4, 0.5) is 0 Å². The summed E-state index contributed by atoms with van der Waals surface area (Å²) >= 11 is 1.46. The summed E-state index contributed by atoms with van der Waals surface area (Å²) in [6, 6.07) is -5.44. The average Bonchev–Trinajstić information content (AvgIpc) is 2.74. The number of carbonyl (C=O) groups excluding carboxylic acids is 4. The maximum absolute atomic E-state index is 12.8. The maximum atomic E-state index is 12.8. The van der Waals surface area contributed by atoms with Gasteiger partial charge >= 0.3 is 11.9 Å². The Balaban J connectivity index is 5.49. The van der Waals surface area contributed by atoms with E-state index < -0.39 is 79.2 Å². The fraction of sp³-hybridized carbons (Fsp3) is 0.667. The summed E-state index contributed by atoms with van der Waals surface area (Å²) in [5.74, 6) is -5.64. The first-order chi connectivity index (χ1) is 15.4. The van der Waals surface area contributed by atoms with Crippen molar-refractivity contribution in [3.63, 3.8) is 0 Å². The Morgan fingerprint density at radius 1 is 0.818 bits per heavy atom. The summed E-state index contributed by atoms with van der Waals surface area (Å²) in [6.45, 7) is -0.939. The fourth-order valence-electron chi connectivity index (χ4n) is 2.48. The van der Waals surface area contributed by atoms with Gasteiger partial charge in [-0.15, -0.1) is 0 Å². The van der Waals surface area contributed by atoms with Crippen LogP contribution in [-0.4, -0.2) is 93.7 Å². The molecule has 0 spiro atoms. The van der Waals surface area contributed by atoms with Gasteiger partial charge in [-0.2, -0.15) is 11.8 Å². The van der Waals surface area contributed by atoms with E-state index in [1.807, 2.05) is 11.6 Å². The number of carboxylic acid groups (broad SMARTS) is 2. The molecule has 33 heavy (non-hydrogen) atoms. The normalized spacial score (nSPS) is 14.3. The SMILES string of the molecule is CSCCC(N)C(=O)NC(CCC(N)=O)C(=O)NC(CCC(=O)O)C(=O)NC(CO)C(=O)O. The molecule has 0 aliphatic rings. The van der Waals surface area contributed by atoms with Crippen molar-refractivity contribution in [2.45, 2.75) is 56.3 Å². The number of carboxylic acids is 2. The first-order valence-corrected chi connectivity index (χ1v) is 11.3. The molecule has 4 unspecified atom stereocenters. The first kappa shape index (κ1) is 30.1. The Labute approximate surface area is 194 Å². The van der Waals surface area contributed by atoms with E-state index in [0.717, 1.165) is 0 Å². The molecule has 15 heteroatoms. The molecule has 0 rings (SSSR count). The van der Waals surface area contributed by atoms with Crippen LogP contribution >= 0.6 is 11.8 Å². The molecule has 0 radical (unpaired) electrons. The summed E-state index contributed by atoms with van der Waals surface area (Å²) < 4.78 is 0. The number of hydrogen-bond acceptors (Lipinski definition) is 9. The van der Waals surface area contributed by atoms with E-state index in [2.05, 4.69) is 10.6 Å². The van der Waals surface area contributed by atoms with Crippen LogP contribution in [0, 0.1) is 0 Å². The number of nitrogens with two attached hydrogens (primary N) is 2. The Morgan fingerprint density at radius 3 is 1.73 bits per heavy atom. The van der Waals surface area contributed by atoms with E-state index in [1.54, 1.807) is 0 Å². The van der Waals surface area contributed by atoms with Gasteiger partial charge in [0.2, 0.25) is 23.6 Å². The van der Waals surface area contributed by atoms with Gasteiger partial charge in [0.15, 0.2) is 0 Å². The summed E-state index contributed by atoms with van der Waals surface area (Å²) in [5, 5.41) is 33.6. The minimum absolute atomic E-state index is 0.218. The Kier molecular flexibility index (Phi) is 14.4. The predicted molar refractivity (Wildman–Crippen MR) is 117 cm³/mol. The minimum atomic E-state index is -1.68. The molecule has 0 bridgehead atoms. The lowest BCUT2D eigenvalue weighted by atomic mass is 10.1. The second kappa shape index (κ2) is 15.8. The molecular weight excluding hydrogens is 462 g/mol. The van der Waals surface area contributed by atoms with Crippen LogP contribution in [-0.2, 0) is 28.8 Å². The maximum Gasteiger partial charge on any atom is 0.328 e. The molecule has 14 nitrogen and oxygen atoms in total. The highest BCUT2D eigenvalue weighted by molar-refractivity contribution is 7.98. The van der Waals surface area contributed by atoms with Crippen LogP contribution in [0.15, 0.2) is 0 Å². The zero-order valence-electron chi connectivity index (χ0n) is 18.1. The van der Waals surface area contributed by atoms with Crippen molar-refractivity contribution >= 4 is 47.3 Å². The molecule has 0 aliphatic heterocycles. The number of nitrogens with one attached hydrogen (secondary N) is 3. The van der Waals surface area contributed by atoms with Crippen LogP contribution in [0.2, 0.25) is 0 Å². The highest BCUT2D eigenvalue weighted by Crippen LogP contribution is 2.05. The molecule has 0 aromatic carbocycles. The third kappa shape index (κ3) is 12.6. The standard InChI is InChI=1S/C18H31N5O9S/c1-33-7-6-9(19)15(28)21-10(2-4-13(20)25)16(29)22-11(3-5-14(26)27)17(30)23-12(8-24)18(31)32/h9-12,24H,2-8,19H2,1H3,(H2,20,25)(H,21,28)(H,22,29)(H,23,30)(H,26,27)(H,31,32). The third-order valence-electron chi connectivity index (χ3n) is 4.36. The Morgan fingerprint density at radius 2 is 1.30 bits per heavy atom. The molecule has 0 fully saturated rings. The molecule has 0 aromatic rings. The van der Waals surface area contributed by atoms with Gasteiger partial charge < -0.3 is 42.7 Å². The van der Waals surface area contributed by atoms with E-state index in [4.69, 9.17) is 26.8 Å². The van der Waals surface area contributed by atoms with Crippen LogP contribution < -0.4 is 27.4 Å². The molecule has 0 saturated carbocycles. The Bertz CT molecular complexity index is 721. The van der Waals surface area contributed by atoms with Crippen molar-refractivity contribution < 1.29 is 44.1 Å². The van der Waals surface area contributed by atoms with Gasteiger partial charge in [-0.3, -0.25) is 24.0 Å². The third-order valence-corrected chi connectivity index (χ3v) is 5.00. The zero-order chi connectivity index (χ0) is 25.6. The molecule has 10 N–H and O–H groups in total. The van der Waals surface area contributed by atoms with Crippen molar-refractivity contribution in [3.8, 4) is 0 Å². The van der Waals surface area contributed by atoms with Crippen LogP contribution in [0.25, 0.3) is 0 Å². The molecule has 0 aliphatic carbocycles. The lowest BCUT2D eigenvalue weighted by Crippen LogP contribution is -2.57. The molecule has 0 saturated heterocycles. The number of thioether (sulfide) groups is 1. The van der Waals surface area contributed by atoms with E-state index in [1.165, 1.54) is 11.8 Å². The molecule has 4 atom stereocenters. The van der Waals surface area contributed by atoms with Gasteiger partial charge in [0.05, 0.1) is 12.6 Å². The van der Waals surface area contributed by atoms with Crippen molar-refractivity contribution in [1.29, 1.82) is 0 Å². The number of aliphatic hydroxyl groups excluding tert-OH is 1. The van der Waals surface area contributed by atoms with Gasteiger partial charge in [-0.25, -0.2) is 4.79 Å². The van der Waals surface area contributed by atoms with Crippen molar-refractivity contribution in [2.24, 2.45) is 11.5 Å². The van der Waals surface area contributed by atoms with Gasteiger partial charge in [-0.1, -0.05) is 0 Å². The molecular formula is C18H31N5O9S. The van der Waals surface area contributed by atoms with Gasteiger partial charge in [-0.05, 0) is 31.3 Å². The first-order valence-electron chi connectivity index (χ1n) is 9.92. The quantitative estimate of drug-likeness (QED) is 0.0997. The monoisotopic (exact) mass is 493 g/mol. The summed E-state index contributed by atoms with van der Waals surface area (Å²) in [5.41, 5.74) is 10.9. The largest absolute Gasteiger partial charge is 0.481 e. The molecule has 0 aromatic heterocycles. The van der Waals surface area contributed by atoms with Crippen molar-refractivity contribution in [1.82, 2.24) is 16.0 Å². The number of carbonyl (C=O) groups is 6. The molecule has 0 heterocycles. The molecule has 4 amide bonds. The van der Waals surface area contributed by atoms with Crippen LogP contribution in [0.1, 0.15) is 32.1 Å². The lowest BCUT2D eigenvalue weighted by molar-refractivity contribution is -0.144. The zero-order valence-corrected chi connectivity index (χ0v) is 18.9. The predicted octanol–water partition coefficient (Wildman–Crippen LogP) is -3.27. The van der Waals surface area contributed by atoms with Crippen molar-refractivity contribution in [2.75, 3.05) is 18.6 Å². The lowest BCUT2D eigenvalue weighted by Gasteiger charge is -2.24. The van der Waals surface area contributed by atoms with E-state index >= 15 is 0 Å². The number of aliphatic carboxylic acids is 2.